The normalized spacial score (nSPS) is 22.9. The fourth-order valence-corrected chi connectivity index (χ4v) is 5.96. The number of rotatable bonds is 5. The molecule has 7 rings (SSSR count). The maximum absolute atomic E-state index is 6.37. The van der Waals surface area contributed by atoms with Crippen molar-refractivity contribution in [3.05, 3.63) is 41.2 Å². The molecule has 0 unspecified atom stereocenters. The highest BCUT2D eigenvalue weighted by atomic mass is 16.5. The Hall–Kier alpha value is -3.40. The van der Waals surface area contributed by atoms with Gasteiger partial charge in [-0.2, -0.15) is 15.1 Å². The van der Waals surface area contributed by atoms with E-state index in [0.717, 1.165) is 58.9 Å². The van der Waals surface area contributed by atoms with E-state index < -0.39 is 0 Å². The van der Waals surface area contributed by atoms with E-state index in [1.165, 1.54) is 32.1 Å². The van der Waals surface area contributed by atoms with E-state index in [-0.39, 0.29) is 12.2 Å². The lowest BCUT2D eigenvalue weighted by Crippen LogP contribution is -2.43. The Labute approximate surface area is 221 Å². The van der Waals surface area contributed by atoms with Crippen molar-refractivity contribution in [3.8, 4) is 11.5 Å². The van der Waals surface area contributed by atoms with E-state index in [2.05, 4.69) is 44.0 Å². The van der Waals surface area contributed by atoms with Crippen molar-refractivity contribution in [1.82, 2.24) is 34.9 Å². The lowest BCUT2D eigenvalue weighted by molar-refractivity contribution is -0.0179. The molecule has 1 saturated heterocycles. The van der Waals surface area contributed by atoms with Gasteiger partial charge >= 0.3 is 0 Å². The van der Waals surface area contributed by atoms with E-state index in [4.69, 9.17) is 24.2 Å². The van der Waals surface area contributed by atoms with Crippen LogP contribution < -0.4 is 4.90 Å². The summed E-state index contributed by atoms with van der Waals surface area (Å²) in [4.78, 5) is 22.0. The summed E-state index contributed by atoms with van der Waals surface area (Å²) in [6.07, 6.45) is 12.5. The average molecular weight is 515 g/mol. The molecule has 1 aliphatic heterocycles. The van der Waals surface area contributed by atoms with Crippen LogP contribution in [0.25, 0.3) is 22.5 Å². The second-order valence-electron chi connectivity index (χ2n) is 11.2. The Morgan fingerprint density at radius 1 is 0.947 bits per heavy atom. The van der Waals surface area contributed by atoms with Gasteiger partial charge in [0.25, 0.3) is 5.89 Å². The highest BCUT2D eigenvalue weighted by molar-refractivity contribution is 5.84. The first-order chi connectivity index (χ1) is 18.5. The summed E-state index contributed by atoms with van der Waals surface area (Å²) in [5.74, 6) is 2.23. The smallest absolute Gasteiger partial charge is 0.259 e. The monoisotopic (exact) mass is 514 g/mol. The average Bonchev–Trinajstić information content (AvgIpc) is 3.49. The van der Waals surface area contributed by atoms with E-state index >= 15 is 0 Å². The first-order valence-corrected chi connectivity index (χ1v) is 14.0. The summed E-state index contributed by atoms with van der Waals surface area (Å²) >= 11 is 0. The van der Waals surface area contributed by atoms with Gasteiger partial charge < -0.3 is 14.2 Å². The van der Waals surface area contributed by atoms with Crippen molar-refractivity contribution >= 4 is 17.0 Å². The zero-order valence-electron chi connectivity index (χ0n) is 22.3. The molecule has 4 aromatic rings. The van der Waals surface area contributed by atoms with Gasteiger partial charge in [0.05, 0.1) is 41.8 Å². The molecule has 5 heterocycles. The highest BCUT2D eigenvalue weighted by Crippen LogP contribution is 2.39. The maximum atomic E-state index is 6.37. The number of hydrogen-bond acceptors (Lipinski definition) is 9. The SMILES string of the molecule is Cc1noc(-c2cc3c(C4CCCCC4)nc(N4C[C@@H](C)O[C@@H](c5cnn(C6CC6)c5)C4)nc3nc2C)n1. The minimum Gasteiger partial charge on any atom is -0.367 e. The molecule has 3 aliphatic rings. The first kappa shape index (κ1) is 23.7. The summed E-state index contributed by atoms with van der Waals surface area (Å²) in [5, 5.41) is 9.57. The third kappa shape index (κ3) is 4.44. The van der Waals surface area contributed by atoms with Crippen LogP contribution in [-0.2, 0) is 4.74 Å². The van der Waals surface area contributed by atoms with Crippen molar-refractivity contribution in [2.75, 3.05) is 18.0 Å². The topological polar surface area (TPSA) is 108 Å². The van der Waals surface area contributed by atoms with Gasteiger partial charge in [-0.25, -0.2) is 9.97 Å². The number of pyridine rings is 1. The molecule has 10 nitrogen and oxygen atoms in total. The van der Waals surface area contributed by atoms with Crippen LogP contribution in [0.3, 0.4) is 0 Å². The molecule has 0 amide bonds. The van der Waals surface area contributed by atoms with Crippen LogP contribution >= 0.6 is 0 Å². The molecule has 0 bridgehead atoms. The van der Waals surface area contributed by atoms with Crippen LogP contribution in [-0.4, -0.2) is 54.1 Å². The summed E-state index contributed by atoms with van der Waals surface area (Å²) in [5.41, 5.74) is 4.60. The Bertz CT molecular complexity index is 1470. The number of anilines is 1. The first-order valence-electron chi connectivity index (χ1n) is 14.0. The van der Waals surface area contributed by atoms with Gasteiger partial charge in [0.15, 0.2) is 11.5 Å². The molecule has 2 atom stereocenters. The third-order valence-electron chi connectivity index (χ3n) is 8.10. The minimum absolute atomic E-state index is 0.0493. The van der Waals surface area contributed by atoms with Gasteiger partial charge in [-0.15, -0.1) is 0 Å². The molecule has 0 spiro atoms. The number of hydrogen-bond donors (Lipinski definition) is 0. The molecule has 3 fully saturated rings. The molecule has 0 aromatic carbocycles. The molecule has 4 aromatic heterocycles. The molecule has 38 heavy (non-hydrogen) atoms. The van der Waals surface area contributed by atoms with Crippen LogP contribution in [0.15, 0.2) is 23.0 Å². The predicted molar refractivity (Wildman–Crippen MR) is 142 cm³/mol. The van der Waals surface area contributed by atoms with Crippen molar-refractivity contribution in [2.45, 2.75) is 89.9 Å². The molecule has 2 aliphatic carbocycles. The van der Waals surface area contributed by atoms with Gasteiger partial charge in [-0.3, -0.25) is 4.68 Å². The summed E-state index contributed by atoms with van der Waals surface area (Å²) in [6, 6.07) is 2.66. The highest BCUT2D eigenvalue weighted by Gasteiger charge is 2.32. The van der Waals surface area contributed by atoms with Gasteiger partial charge in [-0.05, 0) is 52.5 Å². The molecule has 0 radical (unpaired) electrons. The van der Waals surface area contributed by atoms with E-state index in [1.807, 2.05) is 20.0 Å². The van der Waals surface area contributed by atoms with Crippen LogP contribution in [0.2, 0.25) is 0 Å². The second-order valence-corrected chi connectivity index (χ2v) is 11.2. The fraction of sp³-hybridized carbons (Fsp3) is 0.571. The van der Waals surface area contributed by atoms with E-state index in [1.54, 1.807) is 0 Å². The Morgan fingerprint density at radius 3 is 2.55 bits per heavy atom. The lowest BCUT2D eigenvalue weighted by atomic mass is 9.85. The second kappa shape index (κ2) is 9.41. The summed E-state index contributed by atoms with van der Waals surface area (Å²) < 4.78 is 14.0. The van der Waals surface area contributed by atoms with E-state index in [0.29, 0.717) is 30.2 Å². The zero-order chi connectivity index (χ0) is 25.8. The van der Waals surface area contributed by atoms with Crippen LogP contribution in [0.4, 0.5) is 5.95 Å². The maximum Gasteiger partial charge on any atom is 0.259 e. The molecule has 2 saturated carbocycles. The van der Waals surface area contributed by atoms with Crippen molar-refractivity contribution < 1.29 is 9.26 Å². The molecule has 0 N–H and O–H groups in total. The predicted octanol–water partition coefficient (Wildman–Crippen LogP) is 5.24. The molecular formula is C28H34N8O2. The quantitative estimate of drug-likeness (QED) is 0.353. The minimum atomic E-state index is -0.0680. The van der Waals surface area contributed by atoms with Gasteiger partial charge in [0, 0.05) is 29.6 Å². The number of ether oxygens (including phenoxy) is 1. The van der Waals surface area contributed by atoms with Crippen LogP contribution in [0.5, 0.6) is 0 Å². The number of nitrogens with zero attached hydrogens (tertiary/aromatic N) is 8. The summed E-state index contributed by atoms with van der Waals surface area (Å²) in [7, 11) is 0. The van der Waals surface area contributed by atoms with Crippen molar-refractivity contribution in [2.24, 2.45) is 0 Å². The number of aryl methyl sites for hydroxylation is 2. The van der Waals surface area contributed by atoms with Crippen molar-refractivity contribution in [3.63, 3.8) is 0 Å². The van der Waals surface area contributed by atoms with Crippen LogP contribution in [0.1, 0.15) is 92.7 Å². The van der Waals surface area contributed by atoms with Crippen LogP contribution in [0, 0.1) is 13.8 Å². The van der Waals surface area contributed by atoms with Gasteiger partial charge in [-0.1, -0.05) is 24.4 Å². The zero-order valence-corrected chi connectivity index (χ0v) is 22.3. The molecular weight excluding hydrogens is 480 g/mol. The molecule has 198 valence electrons. The Kier molecular flexibility index (Phi) is 5.87. The lowest BCUT2D eigenvalue weighted by Gasteiger charge is -2.37. The molecule has 10 heteroatoms. The van der Waals surface area contributed by atoms with E-state index in [9.17, 15) is 0 Å². The largest absolute Gasteiger partial charge is 0.367 e. The van der Waals surface area contributed by atoms with Crippen molar-refractivity contribution in [1.29, 1.82) is 0 Å². The summed E-state index contributed by atoms with van der Waals surface area (Å²) in [6.45, 7) is 7.35. The third-order valence-corrected chi connectivity index (χ3v) is 8.10. The Balaban J connectivity index is 1.28. The standard InChI is InChI=1S/C28H34N8O2/c1-16-13-35(15-24(37-16)20-12-29-36(14-20)21-9-10-21)28-32-25(19-7-5-4-6-8-19)23-11-22(17(2)30-26(23)33-28)27-31-18(3)34-38-27/h11-12,14,16,19,21,24H,4-10,13,15H2,1-3H3/t16-,24-/m1/s1. The fourth-order valence-electron chi connectivity index (χ4n) is 5.96. The number of morpholine rings is 1. The number of aromatic nitrogens is 7. The van der Waals surface area contributed by atoms with Gasteiger partial charge in [0.2, 0.25) is 5.95 Å². The number of fused-ring (bicyclic) bond motifs is 1. The van der Waals surface area contributed by atoms with Gasteiger partial charge in [0.1, 0.15) is 6.10 Å². The Morgan fingerprint density at radius 2 is 1.79 bits per heavy atom.